The molecule has 1 aromatic carbocycles. The minimum atomic E-state index is -2.07. The Morgan fingerprint density at radius 1 is 1.17 bits per heavy atom. The zero-order chi connectivity index (χ0) is 21.2. The Labute approximate surface area is 172 Å². The molecule has 0 atom stereocenters. The number of nitrogens with zero attached hydrogens (tertiary/aromatic N) is 2. The number of para-hydroxylation sites is 1. The topological polar surface area (TPSA) is 97.6 Å². The van der Waals surface area contributed by atoms with Crippen molar-refractivity contribution in [1.29, 1.82) is 0 Å². The number of aliphatic carboxylic acids is 2. The van der Waals surface area contributed by atoms with E-state index >= 15 is 0 Å². The van der Waals surface area contributed by atoms with E-state index in [1.54, 1.807) is 4.90 Å². The molecular weight excluding hydrogens is 374 g/mol. The summed E-state index contributed by atoms with van der Waals surface area (Å²) in [7, 11) is 2.32. The van der Waals surface area contributed by atoms with Crippen molar-refractivity contribution in [3.8, 4) is 5.75 Å². The van der Waals surface area contributed by atoms with Crippen LogP contribution >= 0.6 is 0 Å². The number of likely N-dealkylation sites (tertiary alicyclic amines) is 1. The molecule has 2 N–H and O–H groups in total. The molecule has 2 fully saturated rings. The fraction of sp³-hybridized carbons (Fsp3) is 0.619. The van der Waals surface area contributed by atoms with Gasteiger partial charge in [-0.2, -0.15) is 0 Å². The van der Waals surface area contributed by atoms with Gasteiger partial charge in [0.2, 0.25) is 0 Å². The van der Waals surface area contributed by atoms with Crippen LogP contribution in [0, 0.1) is 0 Å². The van der Waals surface area contributed by atoms with E-state index in [0.717, 1.165) is 24.9 Å². The number of carboxylic acids is 2. The van der Waals surface area contributed by atoms with Gasteiger partial charge in [0.15, 0.2) is 5.97 Å². The van der Waals surface area contributed by atoms with Gasteiger partial charge in [-0.05, 0) is 38.9 Å². The predicted molar refractivity (Wildman–Crippen MR) is 107 cm³/mol. The molecule has 0 spiro atoms. The van der Waals surface area contributed by atoms with Crippen LogP contribution in [-0.2, 0) is 16.1 Å². The summed E-state index contributed by atoms with van der Waals surface area (Å²) in [4.78, 5) is 25.0. The molecule has 0 bridgehead atoms. The van der Waals surface area contributed by atoms with Gasteiger partial charge in [-0.1, -0.05) is 18.2 Å². The molecule has 0 unspecified atom stereocenters. The van der Waals surface area contributed by atoms with E-state index in [1.807, 2.05) is 0 Å². The first-order valence-corrected chi connectivity index (χ1v) is 10.3. The third-order valence-corrected chi connectivity index (χ3v) is 5.57. The highest BCUT2D eigenvalue weighted by Crippen LogP contribution is 2.23. The Balaban J connectivity index is 0.000000438. The van der Waals surface area contributed by atoms with Crippen LogP contribution in [0.25, 0.3) is 0 Å². The normalized spacial score (nSPS) is 19.2. The first-order chi connectivity index (χ1) is 13.9. The molecule has 0 radical (unpaired) electrons. The van der Waals surface area contributed by atoms with Gasteiger partial charge in [-0.3, -0.25) is 9.80 Å². The van der Waals surface area contributed by atoms with Crippen LogP contribution in [0.15, 0.2) is 24.3 Å². The van der Waals surface area contributed by atoms with Crippen molar-refractivity contribution in [1.82, 2.24) is 9.80 Å². The maximum Gasteiger partial charge on any atom is 0.351 e. The second-order valence-electron chi connectivity index (χ2n) is 7.63. The second kappa shape index (κ2) is 11.7. The number of piperazine rings is 1. The SMILES string of the molecule is CCOc1ccccc1CN1CCC(N2CC[NH+](C)CC2)CC1.O=C([O-])C(=O)O. The number of benzene rings is 1. The zero-order valence-electron chi connectivity index (χ0n) is 17.4. The summed E-state index contributed by atoms with van der Waals surface area (Å²) >= 11 is 0. The molecule has 1 aromatic rings. The molecule has 29 heavy (non-hydrogen) atoms. The van der Waals surface area contributed by atoms with Gasteiger partial charge in [0.05, 0.1) is 26.7 Å². The number of carboxylic acid groups (broad SMARTS) is 2. The lowest BCUT2D eigenvalue weighted by Crippen LogP contribution is -3.12. The Morgan fingerprint density at radius 3 is 2.31 bits per heavy atom. The molecule has 162 valence electrons. The van der Waals surface area contributed by atoms with Gasteiger partial charge in [-0.25, -0.2) is 4.79 Å². The number of carbonyl (C=O) groups excluding carboxylic acids is 1. The highest BCUT2D eigenvalue weighted by Gasteiger charge is 2.28. The molecule has 3 rings (SSSR count). The van der Waals surface area contributed by atoms with Crippen molar-refractivity contribution in [2.45, 2.75) is 32.4 Å². The molecule has 2 aliphatic heterocycles. The highest BCUT2D eigenvalue weighted by atomic mass is 16.5. The number of rotatable bonds is 5. The average molecular weight is 408 g/mol. The average Bonchev–Trinajstić information content (AvgIpc) is 2.71. The van der Waals surface area contributed by atoms with E-state index in [-0.39, 0.29) is 0 Å². The summed E-state index contributed by atoms with van der Waals surface area (Å²) in [6, 6.07) is 9.30. The van der Waals surface area contributed by atoms with Crippen LogP contribution in [0.2, 0.25) is 0 Å². The summed E-state index contributed by atoms with van der Waals surface area (Å²) in [5.74, 6) is -2.95. The molecule has 0 amide bonds. The summed E-state index contributed by atoms with van der Waals surface area (Å²) in [6.07, 6.45) is 2.63. The van der Waals surface area contributed by atoms with Crippen molar-refractivity contribution in [2.75, 3.05) is 52.9 Å². The van der Waals surface area contributed by atoms with Crippen LogP contribution in [0.3, 0.4) is 0 Å². The Kier molecular flexibility index (Phi) is 9.37. The number of quaternary nitrogens is 1. The van der Waals surface area contributed by atoms with Gasteiger partial charge in [-0.15, -0.1) is 0 Å². The van der Waals surface area contributed by atoms with Gasteiger partial charge in [0, 0.05) is 31.2 Å². The maximum absolute atomic E-state index is 9.04. The minimum Gasteiger partial charge on any atom is -0.539 e. The third kappa shape index (κ3) is 7.64. The van der Waals surface area contributed by atoms with Gasteiger partial charge in [0.25, 0.3) is 0 Å². The summed E-state index contributed by atoms with van der Waals surface area (Å²) in [5, 5.41) is 16.3. The number of carbonyl (C=O) groups is 2. The van der Waals surface area contributed by atoms with Crippen molar-refractivity contribution in [3.63, 3.8) is 0 Å². The van der Waals surface area contributed by atoms with E-state index < -0.39 is 11.9 Å². The largest absolute Gasteiger partial charge is 0.539 e. The van der Waals surface area contributed by atoms with E-state index in [4.69, 9.17) is 24.5 Å². The van der Waals surface area contributed by atoms with E-state index in [1.165, 1.54) is 57.7 Å². The van der Waals surface area contributed by atoms with Gasteiger partial charge >= 0.3 is 5.97 Å². The fourth-order valence-corrected chi connectivity index (χ4v) is 3.89. The zero-order valence-corrected chi connectivity index (χ0v) is 17.4. The minimum absolute atomic E-state index is 0.741. The molecule has 8 heteroatoms. The van der Waals surface area contributed by atoms with E-state index in [0.29, 0.717) is 0 Å². The van der Waals surface area contributed by atoms with E-state index in [9.17, 15) is 0 Å². The number of hydrogen-bond donors (Lipinski definition) is 2. The molecule has 2 aliphatic rings. The lowest BCUT2D eigenvalue weighted by Gasteiger charge is -2.40. The third-order valence-electron chi connectivity index (χ3n) is 5.57. The fourth-order valence-electron chi connectivity index (χ4n) is 3.89. The van der Waals surface area contributed by atoms with E-state index in [2.05, 4.69) is 48.0 Å². The monoisotopic (exact) mass is 407 g/mol. The number of nitrogens with one attached hydrogen (secondary N) is 1. The number of hydrogen-bond acceptors (Lipinski definition) is 6. The number of likely N-dealkylation sites (N-methyl/N-ethyl adjacent to an activating group) is 1. The van der Waals surface area contributed by atoms with Crippen LogP contribution in [0.4, 0.5) is 0 Å². The Hall–Kier alpha value is -2.16. The quantitative estimate of drug-likeness (QED) is 0.586. The highest BCUT2D eigenvalue weighted by molar-refractivity contribution is 6.26. The molecule has 0 aromatic heterocycles. The summed E-state index contributed by atoms with van der Waals surface area (Å²) in [6.45, 7) is 11.4. The van der Waals surface area contributed by atoms with Gasteiger partial charge in [0.1, 0.15) is 5.75 Å². The molecular formula is C21H33N3O5. The lowest BCUT2D eigenvalue weighted by molar-refractivity contribution is -0.884. The first kappa shape index (κ1) is 23.1. The second-order valence-corrected chi connectivity index (χ2v) is 7.63. The Morgan fingerprint density at radius 2 is 1.76 bits per heavy atom. The number of ether oxygens (including phenoxy) is 1. The smallest absolute Gasteiger partial charge is 0.351 e. The molecule has 8 nitrogen and oxygen atoms in total. The molecule has 2 heterocycles. The van der Waals surface area contributed by atoms with Crippen LogP contribution in [0.5, 0.6) is 5.75 Å². The van der Waals surface area contributed by atoms with Crippen molar-refractivity contribution in [3.05, 3.63) is 29.8 Å². The lowest BCUT2D eigenvalue weighted by atomic mass is 10.0. The van der Waals surface area contributed by atoms with Gasteiger partial charge < -0.3 is 24.6 Å². The van der Waals surface area contributed by atoms with Crippen molar-refractivity contribution < 1.29 is 29.4 Å². The predicted octanol–water partition coefficient (Wildman–Crippen LogP) is -1.30. The van der Waals surface area contributed by atoms with Crippen LogP contribution < -0.4 is 14.7 Å². The van der Waals surface area contributed by atoms with Crippen LogP contribution in [-0.4, -0.2) is 85.8 Å². The van der Waals surface area contributed by atoms with Crippen molar-refractivity contribution >= 4 is 11.9 Å². The van der Waals surface area contributed by atoms with Crippen LogP contribution in [0.1, 0.15) is 25.3 Å². The van der Waals surface area contributed by atoms with Crippen molar-refractivity contribution in [2.24, 2.45) is 0 Å². The molecule has 0 saturated carbocycles. The standard InChI is InChI=1S/C19H31N3O.C2H2O4/c1-3-23-19-7-5-4-6-17(19)16-21-10-8-18(9-11-21)22-14-12-20(2)13-15-22;3-1(4)2(5)6/h4-7,18H,3,8-16H2,1-2H3;(H,3,4)(H,5,6). The first-order valence-electron chi connectivity index (χ1n) is 10.3. The maximum atomic E-state index is 9.04. The number of piperidine rings is 1. The molecule has 2 saturated heterocycles. The summed E-state index contributed by atoms with van der Waals surface area (Å²) in [5.41, 5.74) is 1.33. The Bertz CT molecular complexity index is 641. The molecule has 0 aliphatic carbocycles. The summed E-state index contributed by atoms with van der Waals surface area (Å²) < 4.78 is 5.77.